The third-order valence-electron chi connectivity index (χ3n) is 4.77. The first kappa shape index (κ1) is 19.6. The Bertz CT molecular complexity index is 883. The van der Waals surface area contributed by atoms with E-state index in [4.69, 9.17) is 4.74 Å². The minimum atomic E-state index is -0.318. The molecule has 0 spiro atoms. The summed E-state index contributed by atoms with van der Waals surface area (Å²) in [7, 11) is 0. The van der Waals surface area contributed by atoms with Gasteiger partial charge >= 0.3 is 0 Å². The van der Waals surface area contributed by atoms with E-state index >= 15 is 0 Å². The van der Waals surface area contributed by atoms with E-state index in [-0.39, 0.29) is 18.4 Å². The molecule has 1 N–H and O–H groups in total. The number of aryl methyl sites for hydroxylation is 2. The van der Waals surface area contributed by atoms with E-state index in [1.54, 1.807) is 4.90 Å². The molecule has 3 rings (SSSR count). The van der Waals surface area contributed by atoms with E-state index in [2.05, 4.69) is 10.5 Å². The second-order valence-electron chi connectivity index (χ2n) is 6.94. The average Bonchev–Trinajstić information content (AvgIpc) is 3.11. The summed E-state index contributed by atoms with van der Waals surface area (Å²) in [5.41, 5.74) is 6.96. The monoisotopic (exact) mass is 379 g/mol. The summed E-state index contributed by atoms with van der Waals surface area (Å²) in [6, 6.07) is 13.5. The summed E-state index contributed by atoms with van der Waals surface area (Å²) in [5.74, 6) is 0.570. The Morgan fingerprint density at radius 3 is 2.43 bits per heavy atom. The quantitative estimate of drug-likeness (QED) is 0.618. The summed E-state index contributed by atoms with van der Waals surface area (Å²) >= 11 is 0. The number of carbonyl (C=O) groups excluding carboxylic acids is 2. The van der Waals surface area contributed by atoms with Crippen LogP contribution in [0.4, 0.5) is 5.69 Å². The zero-order valence-corrected chi connectivity index (χ0v) is 16.5. The number of nitrogens with zero attached hydrogens (tertiary/aromatic N) is 2. The molecular weight excluding hydrogens is 354 g/mol. The fourth-order valence-corrected chi connectivity index (χ4v) is 3.21. The number of anilines is 1. The topological polar surface area (TPSA) is 71.0 Å². The number of rotatable bonds is 6. The summed E-state index contributed by atoms with van der Waals surface area (Å²) in [6.45, 7) is 6.38. The summed E-state index contributed by atoms with van der Waals surface area (Å²) in [6.07, 6.45) is 1.51. The van der Waals surface area contributed by atoms with Crippen LogP contribution in [0.5, 0.6) is 5.75 Å². The molecule has 0 bridgehead atoms. The van der Waals surface area contributed by atoms with Crippen LogP contribution in [0, 0.1) is 13.8 Å². The van der Waals surface area contributed by atoms with Gasteiger partial charge in [0, 0.05) is 18.7 Å². The SMILES string of the molecule is C/C(=N/NC(=O)COc1c(C)cccc1C)c1ccc(N2CCCC2=O)cc1. The zero-order valence-electron chi connectivity index (χ0n) is 16.5. The molecule has 6 nitrogen and oxygen atoms in total. The molecule has 2 amide bonds. The van der Waals surface area contributed by atoms with Crippen LogP contribution in [-0.4, -0.2) is 30.7 Å². The van der Waals surface area contributed by atoms with Crippen molar-refractivity contribution >= 4 is 23.2 Å². The van der Waals surface area contributed by atoms with Gasteiger partial charge < -0.3 is 9.64 Å². The van der Waals surface area contributed by atoms with E-state index in [1.165, 1.54) is 0 Å². The summed E-state index contributed by atoms with van der Waals surface area (Å²) in [5, 5.41) is 4.15. The lowest BCUT2D eigenvalue weighted by Crippen LogP contribution is -2.26. The van der Waals surface area contributed by atoms with Crippen molar-refractivity contribution in [3.8, 4) is 5.75 Å². The van der Waals surface area contributed by atoms with Crippen molar-refractivity contribution in [3.05, 3.63) is 59.2 Å². The van der Waals surface area contributed by atoms with E-state index in [9.17, 15) is 9.59 Å². The van der Waals surface area contributed by atoms with Crippen molar-refractivity contribution in [1.82, 2.24) is 5.43 Å². The second kappa shape index (κ2) is 8.69. The highest BCUT2D eigenvalue weighted by molar-refractivity contribution is 6.00. The molecule has 0 saturated carbocycles. The van der Waals surface area contributed by atoms with Gasteiger partial charge in [0.25, 0.3) is 5.91 Å². The molecule has 0 atom stereocenters. The van der Waals surface area contributed by atoms with E-state index in [1.807, 2.05) is 63.2 Å². The number of carbonyl (C=O) groups is 2. The first-order valence-corrected chi connectivity index (χ1v) is 9.38. The van der Waals surface area contributed by atoms with Crippen LogP contribution in [0.3, 0.4) is 0 Å². The number of benzene rings is 2. The van der Waals surface area contributed by atoms with E-state index in [0.717, 1.165) is 41.1 Å². The molecule has 1 fully saturated rings. The van der Waals surface area contributed by atoms with Gasteiger partial charge in [-0.05, 0) is 56.0 Å². The third-order valence-corrected chi connectivity index (χ3v) is 4.77. The van der Waals surface area contributed by atoms with Gasteiger partial charge in [0.1, 0.15) is 5.75 Å². The number of hydrazone groups is 1. The Balaban J connectivity index is 1.56. The maximum absolute atomic E-state index is 12.1. The number of nitrogens with one attached hydrogen (secondary N) is 1. The highest BCUT2D eigenvalue weighted by Crippen LogP contribution is 2.22. The maximum Gasteiger partial charge on any atom is 0.277 e. The number of hydrogen-bond donors (Lipinski definition) is 1. The lowest BCUT2D eigenvalue weighted by molar-refractivity contribution is -0.123. The van der Waals surface area contributed by atoms with Crippen LogP contribution in [0.15, 0.2) is 47.6 Å². The van der Waals surface area contributed by atoms with Crippen molar-refractivity contribution in [1.29, 1.82) is 0 Å². The molecule has 0 aromatic heterocycles. The normalized spacial score (nSPS) is 14.3. The molecule has 0 radical (unpaired) electrons. The van der Waals surface area contributed by atoms with Gasteiger partial charge in [-0.15, -0.1) is 0 Å². The molecule has 2 aromatic carbocycles. The molecule has 1 aliphatic heterocycles. The number of amides is 2. The zero-order chi connectivity index (χ0) is 20.1. The first-order valence-electron chi connectivity index (χ1n) is 9.38. The van der Waals surface area contributed by atoms with Crippen LogP contribution in [0.1, 0.15) is 36.5 Å². The van der Waals surface area contributed by atoms with Crippen LogP contribution in [0.2, 0.25) is 0 Å². The average molecular weight is 379 g/mol. The Kier molecular flexibility index (Phi) is 6.09. The molecule has 1 saturated heterocycles. The lowest BCUT2D eigenvalue weighted by Gasteiger charge is -2.15. The van der Waals surface area contributed by atoms with E-state index < -0.39 is 0 Å². The fourth-order valence-electron chi connectivity index (χ4n) is 3.21. The molecule has 146 valence electrons. The van der Waals surface area contributed by atoms with Crippen molar-refractivity contribution in [2.24, 2.45) is 5.10 Å². The first-order chi connectivity index (χ1) is 13.5. The predicted octanol–water partition coefficient (Wildman–Crippen LogP) is 3.35. The van der Waals surface area contributed by atoms with Gasteiger partial charge in [0.05, 0.1) is 5.71 Å². The standard InChI is InChI=1S/C22H25N3O3/c1-15-6-4-7-16(2)22(15)28-14-20(26)24-23-17(3)18-9-11-19(12-10-18)25-13-5-8-21(25)27/h4,6-7,9-12H,5,8,13-14H2,1-3H3,(H,24,26)/b23-17-. The van der Waals surface area contributed by atoms with Crippen LogP contribution in [-0.2, 0) is 9.59 Å². The third kappa shape index (κ3) is 4.57. The van der Waals surface area contributed by atoms with E-state index in [0.29, 0.717) is 12.1 Å². The molecule has 28 heavy (non-hydrogen) atoms. The largest absolute Gasteiger partial charge is 0.483 e. The van der Waals surface area contributed by atoms with Crippen molar-refractivity contribution in [2.45, 2.75) is 33.6 Å². The number of para-hydroxylation sites is 1. The van der Waals surface area contributed by atoms with Crippen molar-refractivity contribution in [3.63, 3.8) is 0 Å². The van der Waals surface area contributed by atoms with Crippen LogP contribution in [0.25, 0.3) is 0 Å². The van der Waals surface area contributed by atoms with Gasteiger partial charge in [-0.2, -0.15) is 5.10 Å². The molecule has 0 aliphatic carbocycles. The van der Waals surface area contributed by atoms with Gasteiger partial charge in [-0.1, -0.05) is 30.3 Å². The molecule has 0 unspecified atom stereocenters. The Hall–Kier alpha value is -3.15. The van der Waals surface area contributed by atoms with Crippen molar-refractivity contribution < 1.29 is 14.3 Å². The number of ether oxygens (including phenoxy) is 1. The Morgan fingerprint density at radius 2 is 1.82 bits per heavy atom. The van der Waals surface area contributed by atoms with Crippen LogP contribution < -0.4 is 15.1 Å². The Labute approximate surface area is 165 Å². The second-order valence-corrected chi connectivity index (χ2v) is 6.94. The molecule has 6 heteroatoms. The minimum Gasteiger partial charge on any atom is -0.483 e. The fraction of sp³-hybridized carbons (Fsp3) is 0.318. The minimum absolute atomic E-state index is 0.0987. The van der Waals surface area contributed by atoms with Gasteiger partial charge in [-0.3, -0.25) is 9.59 Å². The Morgan fingerprint density at radius 1 is 1.14 bits per heavy atom. The number of hydrogen-bond acceptors (Lipinski definition) is 4. The maximum atomic E-state index is 12.1. The smallest absolute Gasteiger partial charge is 0.277 e. The highest BCUT2D eigenvalue weighted by atomic mass is 16.5. The predicted molar refractivity (Wildman–Crippen MR) is 110 cm³/mol. The summed E-state index contributed by atoms with van der Waals surface area (Å²) < 4.78 is 5.63. The highest BCUT2D eigenvalue weighted by Gasteiger charge is 2.21. The molecule has 1 heterocycles. The lowest BCUT2D eigenvalue weighted by atomic mass is 10.1. The molecular formula is C22H25N3O3. The van der Waals surface area contributed by atoms with Crippen LogP contribution >= 0.6 is 0 Å². The molecule has 2 aromatic rings. The van der Waals surface area contributed by atoms with Gasteiger partial charge in [0.15, 0.2) is 6.61 Å². The van der Waals surface area contributed by atoms with Gasteiger partial charge in [0.2, 0.25) is 5.91 Å². The summed E-state index contributed by atoms with van der Waals surface area (Å²) in [4.78, 5) is 25.7. The van der Waals surface area contributed by atoms with Crippen molar-refractivity contribution in [2.75, 3.05) is 18.1 Å². The molecule has 1 aliphatic rings. The van der Waals surface area contributed by atoms with Gasteiger partial charge in [-0.25, -0.2) is 5.43 Å².